The maximum atomic E-state index is 4.59. The molecule has 2 aromatic rings. The Bertz CT molecular complexity index is 567. The van der Waals surface area contributed by atoms with Gasteiger partial charge < -0.3 is 4.90 Å². The largest absolute Gasteiger partial charge is 0.361 e. The number of nitrogens with zero attached hydrogens (tertiary/aromatic N) is 6. The Balaban J connectivity index is 2.41. The van der Waals surface area contributed by atoms with E-state index in [2.05, 4.69) is 39.0 Å². The summed E-state index contributed by atoms with van der Waals surface area (Å²) in [6.45, 7) is 10.1. The number of aryl methyl sites for hydroxylation is 1. The summed E-state index contributed by atoms with van der Waals surface area (Å²) in [6, 6.07) is 1.94. The lowest BCUT2D eigenvalue weighted by Gasteiger charge is -2.20. The standard InChI is InChI=1S/C12H18N6/c1-5-17(6-2)10(4)14-12-9(3)7-11-15-13-8-18(11)16-12/h7-8H,5-6H2,1-4H3. The van der Waals surface area contributed by atoms with Gasteiger partial charge in [-0.3, -0.25) is 0 Å². The number of rotatable bonds is 3. The molecule has 96 valence electrons. The summed E-state index contributed by atoms with van der Waals surface area (Å²) in [5, 5.41) is 12.2. The highest BCUT2D eigenvalue weighted by atomic mass is 15.4. The van der Waals surface area contributed by atoms with E-state index in [9.17, 15) is 0 Å². The summed E-state index contributed by atoms with van der Waals surface area (Å²) in [7, 11) is 0. The zero-order chi connectivity index (χ0) is 13.1. The smallest absolute Gasteiger partial charge is 0.177 e. The molecule has 0 aliphatic carbocycles. The quantitative estimate of drug-likeness (QED) is 0.612. The van der Waals surface area contributed by atoms with E-state index in [1.165, 1.54) is 0 Å². The minimum Gasteiger partial charge on any atom is -0.361 e. The van der Waals surface area contributed by atoms with Crippen LogP contribution in [0.2, 0.25) is 0 Å². The van der Waals surface area contributed by atoms with Crippen LogP contribution < -0.4 is 0 Å². The Morgan fingerprint density at radius 2 is 2.11 bits per heavy atom. The third kappa shape index (κ3) is 2.32. The van der Waals surface area contributed by atoms with Gasteiger partial charge in [-0.15, -0.1) is 15.3 Å². The Morgan fingerprint density at radius 1 is 1.39 bits per heavy atom. The molecule has 0 aliphatic rings. The number of aliphatic imine (C=N–C) groups is 1. The molecular formula is C12H18N6. The fourth-order valence-corrected chi connectivity index (χ4v) is 1.87. The van der Waals surface area contributed by atoms with Crippen LogP contribution in [0.15, 0.2) is 17.4 Å². The van der Waals surface area contributed by atoms with E-state index in [4.69, 9.17) is 0 Å². The predicted molar refractivity (Wildman–Crippen MR) is 71.2 cm³/mol. The first-order valence-electron chi connectivity index (χ1n) is 6.13. The van der Waals surface area contributed by atoms with Crippen molar-refractivity contribution in [3.63, 3.8) is 0 Å². The number of fused-ring (bicyclic) bond motifs is 1. The number of aromatic nitrogens is 4. The first kappa shape index (κ1) is 12.5. The van der Waals surface area contributed by atoms with Crippen molar-refractivity contribution in [2.45, 2.75) is 27.7 Å². The molecule has 0 N–H and O–H groups in total. The van der Waals surface area contributed by atoms with Gasteiger partial charge >= 0.3 is 0 Å². The Kier molecular flexibility index (Phi) is 3.55. The van der Waals surface area contributed by atoms with Crippen LogP contribution in [0.5, 0.6) is 0 Å². The van der Waals surface area contributed by atoms with Crippen molar-refractivity contribution in [1.82, 2.24) is 24.7 Å². The highest BCUT2D eigenvalue weighted by Gasteiger charge is 2.06. The van der Waals surface area contributed by atoms with E-state index in [0.29, 0.717) is 5.82 Å². The molecule has 0 saturated heterocycles. The van der Waals surface area contributed by atoms with Crippen LogP contribution >= 0.6 is 0 Å². The molecule has 0 atom stereocenters. The molecule has 0 amide bonds. The van der Waals surface area contributed by atoms with Gasteiger partial charge in [0.25, 0.3) is 0 Å². The van der Waals surface area contributed by atoms with E-state index in [-0.39, 0.29) is 0 Å². The van der Waals surface area contributed by atoms with Crippen LogP contribution in [-0.2, 0) is 0 Å². The van der Waals surface area contributed by atoms with Crippen LogP contribution in [0.4, 0.5) is 5.82 Å². The second-order valence-electron chi connectivity index (χ2n) is 4.12. The number of hydrogen-bond donors (Lipinski definition) is 0. The first-order valence-corrected chi connectivity index (χ1v) is 6.13. The van der Waals surface area contributed by atoms with Gasteiger partial charge in [0, 0.05) is 13.1 Å². The Labute approximate surface area is 106 Å². The molecule has 2 aromatic heterocycles. The third-order valence-corrected chi connectivity index (χ3v) is 2.95. The number of hydrogen-bond acceptors (Lipinski definition) is 4. The van der Waals surface area contributed by atoms with Gasteiger partial charge in [0.05, 0.1) is 0 Å². The van der Waals surface area contributed by atoms with Crippen molar-refractivity contribution in [3.05, 3.63) is 18.0 Å². The molecule has 2 heterocycles. The first-order chi connectivity index (χ1) is 8.65. The minimum absolute atomic E-state index is 0.715. The molecule has 18 heavy (non-hydrogen) atoms. The summed E-state index contributed by atoms with van der Waals surface area (Å²) in [5.74, 6) is 1.69. The zero-order valence-electron chi connectivity index (χ0n) is 11.3. The predicted octanol–water partition coefficient (Wildman–Crippen LogP) is 1.82. The Hall–Kier alpha value is -1.98. The lowest BCUT2D eigenvalue weighted by atomic mass is 10.3. The Morgan fingerprint density at radius 3 is 2.78 bits per heavy atom. The van der Waals surface area contributed by atoms with Gasteiger partial charge in [-0.2, -0.15) is 4.52 Å². The fourth-order valence-electron chi connectivity index (χ4n) is 1.87. The van der Waals surface area contributed by atoms with Crippen LogP contribution in [0.3, 0.4) is 0 Å². The molecule has 6 nitrogen and oxygen atoms in total. The van der Waals surface area contributed by atoms with E-state index in [1.54, 1.807) is 10.8 Å². The van der Waals surface area contributed by atoms with Gasteiger partial charge in [-0.05, 0) is 39.3 Å². The lowest BCUT2D eigenvalue weighted by molar-refractivity contribution is 0.463. The van der Waals surface area contributed by atoms with Crippen molar-refractivity contribution >= 4 is 17.3 Å². The summed E-state index contributed by atoms with van der Waals surface area (Å²) in [6.07, 6.45) is 1.58. The van der Waals surface area contributed by atoms with E-state index < -0.39 is 0 Å². The van der Waals surface area contributed by atoms with Crippen molar-refractivity contribution < 1.29 is 0 Å². The van der Waals surface area contributed by atoms with Crippen molar-refractivity contribution in [2.24, 2.45) is 4.99 Å². The molecule has 0 aliphatic heterocycles. The molecule has 0 aromatic carbocycles. The molecule has 0 fully saturated rings. The summed E-state index contributed by atoms with van der Waals surface area (Å²) in [5.41, 5.74) is 1.74. The van der Waals surface area contributed by atoms with Crippen LogP contribution in [-0.4, -0.2) is 43.6 Å². The van der Waals surface area contributed by atoms with Crippen LogP contribution in [0.25, 0.3) is 5.65 Å². The molecule has 6 heteroatoms. The van der Waals surface area contributed by atoms with Crippen molar-refractivity contribution in [3.8, 4) is 0 Å². The normalized spacial score (nSPS) is 12.1. The van der Waals surface area contributed by atoms with Gasteiger partial charge in [-0.25, -0.2) is 4.99 Å². The van der Waals surface area contributed by atoms with Crippen LogP contribution in [0.1, 0.15) is 26.3 Å². The maximum absolute atomic E-state index is 4.59. The molecular weight excluding hydrogens is 228 g/mol. The molecule has 0 bridgehead atoms. The van der Waals surface area contributed by atoms with E-state index >= 15 is 0 Å². The highest BCUT2D eigenvalue weighted by Crippen LogP contribution is 2.16. The third-order valence-electron chi connectivity index (χ3n) is 2.95. The molecule has 0 saturated carbocycles. The number of amidine groups is 1. The van der Waals surface area contributed by atoms with Gasteiger partial charge in [0.2, 0.25) is 0 Å². The zero-order valence-corrected chi connectivity index (χ0v) is 11.3. The molecule has 0 radical (unpaired) electrons. The van der Waals surface area contributed by atoms with Gasteiger partial charge in [-0.1, -0.05) is 0 Å². The molecule has 0 unspecified atom stereocenters. The second kappa shape index (κ2) is 5.12. The average Bonchev–Trinajstić information content (AvgIpc) is 2.78. The van der Waals surface area contributed by atoms with Crippen molar-refractivity contribution in [1.29, 1.82) is 0 Å². The maximum Gasteiger partial charge on any atom is 0.177 e. The van der Waals surface area contributed by atoms with Gasteiger partial charge in [0.1, 0.15) is 12.2 Å². The highest BCUT2D eigenvalue weighted by molar-refractivity contribution is 5.82. The lowest BCUT2D eigenvalue weighted by Crippen LogP contribution is -2.28. The molecule has 0 spiro atoms. The summed E-state index contributed by atoms with van der Waals surface area (Å²) >= 11 is 0. The topological polar surface area (TPSA) is 58.7 Å². The molecule has 2 rings (SSSR count). The average molecular weight is 246 g/mol. The monoisotopic (exact) mass is 246 g/mol. The summed E-state index contributed by atoms with van der Waals surface area (Å²) in [4.78, 5) is 6.78. The fraction of sp³-hybridized carbons (Fsp3) is 0.500. The van der Waals surface area contributed by atoms with E-state index in [0.717, 1.165) is 30.1 Å². The second-order valence-corrected chi connectivity index (χ2v) is 4.12. The minimum atomic E-state index is 0.715. The van der Waals surface area contributed by atoms with Crippen LogP contribution in [0, 0.1) is 6.92 Å². The van der Waals surface area contributed by atoms with Gasteiger partial charge in [0.15, 0.2) is 11.5 Å². The van der Waals surface area contributed by atoms with Crippen molar-refractivity contribution in [2.75, 3.05) is 13.1 Å². The SMILES string of the molecule is CCN(CC)C(C)=Nc1nn2cnnc2cc1C. The summed E-state index contributed by atoms with van der Waals surface area (Å²) < 4.78 is 1.64. The van der Waals surface area contributed by atoms with E-state index in [1.807, 2.05) is 19.9 Å².